The second kappa shape index (κ2) is 6.11. The molecule has 0 N–H and O–H groups in total. The van der Waals surface area contributed by atoms with Gasteiger partial charge in [0.05, 0.1) is 19.0 Å². The summed E-state index contributed by atoms with van der Waals surface area (Å²) >= 11 is 0. The first-order valence-electron chi connectivity index (χ1n) is 7.80. The average Bonchev–Trinajstić information content (AvgIpc) is 3.05. The molecule has 3 heterocycles. The summed E-state index contributed by atoms with van der Waals surface area (Å²) in [4.78, 5) is 28.4. The van der Waals surface area contributed by atoms with Crippen molar-refractivity contribution in [3.8, 4) is 0 Å². The van der Waals surface area contributed by atoms with Gasteiger partial charge in [0.15, 0.2) is 0 Å². The number of ether oxygens (including phenoxy) is 1. The quantitative estimate of drug-likeness (QED) is 0.530. The van der Waals surface area contributed by atoms with E-state index in [9.17, 15) is 14.0 Å². The predicted octanol–water partition coefficient (Wildman–Crippen LogP) is 3.12. The van der Waals surface area contributed by atoms with E-state index in [1.54, 1.807) is 30.6 Å². The van der Waals surface area contributed by atoms with Crippen LogP contribution in [0.3, 0.4) is 0 Å². The van der Waals surface area contributed by atoms with Crippen molar-refractivity contribution in [3.63, 3.8) is 0 Å². The summed E-state index contributed by atoms with van der Waals surface area (Å²) in [5.41, 5.74) is 0.0167. The number of aromatic nitrogens is 2. The highest BCUT2D eigenvalue weighted by Crippen LogP contribution is 2.26. The molecule has 4 aromatic rings. The first kappa shape index (κ1) is 16.0. The number of benzene rings is 1. The highest BCUT2D eigenvalue weighted by molar-refractivity contribution is 6.02. The zero-order valence-electron chi connectivity index (χ0n) is 13.7. The number of rotatable bonds is 3. The highest BCUT2D eigenvalue weighted by Gasteiger charge is 2.17. The van der Waals surface area contributed by atoms with Crippen molar-refractivity contribution in [1.82, 2.24) is 9.55 Å². The Morgan fingerprint density at radius 3 is 2.92 bits per heavy atom. The van der Waals surface area contributed by atoms with Crippen LogP contribution in [0.2, 0.25) is 0 Å². The normalized spacial score (nSPS) is 11.2. The van der Waals surface area contributed by atoms with E-state index >= 15 is 0 Å². The van der Waals surface area contributed by atoms with Crippen molar-refractivity contribution in [1.29, 1.82) is 0 Å². The second-order valence-corrected chi connectivity index (χ2v) is 5.79. The van der Waals surface area contributed by atoms with Crippen molar-refractivity contribution in [2.24, 2.45) is 0 Å². The van der Waals surface area contributed by atoms with Gasteiger partial charge in [-0.05, 0) is 35.7 Å². The minimum Gasteiger partial charge on any atom is -0.465 e. The van der Waals surface area contributed by atoms with Crippen LogP contribution >= 0.6 is 0 Å². The van der Waals surface area contributed by atoms with Crippen molar-refractivity contribution < 1.29 is 18.3 Å². The molecule has 0 fully saturated rings. The maximum Gasteiger partial charge on any atom is 0.341 e. The number of hydrogen-bond acceptors (Lipinski definition) is 5. The van der Waals surface area contributed by atoms with E-state index in [0.29, 0.717) is 16.5 Å². The summed E-state index contributed by atoms with van der Waals surface area (Å²) in [5.74, 6) is -0.843. The van der Waals surface area contributed by atoms with Crippen LogP contribution in [-0.2, 0) is 11.3 Å². The molecule has 7 heteroatoms. The van der Waals surface area contributed by atoms with E-state index in [4.69, 9.17) is 4.42 Å². The van der Waals surface area contributed by atoms with Crippen LogP contribution in [-0.4, -0.2) is 22.6 Å². The van der Waals surface area contributed by atoms with E-state index in [-0.39, 0.29) is 23.3 Å². The molecule has 130 valence electrons. The largest absolute Gasteiger partial charge is 0.465 e. The van der Waals surface area contributed by atoms with Crippen LogP contribution in [0, 0.1) is 5.82 Å². The lowest BCUT2D eigenvalue weighted by Gasteiger charge is -2.05. The number of halogens is 1. The van der Waals surface area contributed by atoms with Gasteiger partial charge in [0, 0.05) is 24.0 Å². The van der Waals surface area contributed by atoms with Crippen LogP contribution in [0.4, 0.5) is 4.39 Å². The molecular weight excluding hydrogens is 339 g/mol. The molecule has 0 radical (unpaired) electrons. The van der Waals surface area contributed by atoms with Gasteiger partial charge in [0.2, 0.25) is 0 Å². The lowest BCUT2D eigenvalue weighted by molar-refractivity contribution is 0.0601. The third-order valence-electron chi connectivity index (χ3n) is 4.14. The number of carbonyl (C=O) groups excluding carboxylic acids is 1. The Balaban J connectivity index is 1.80. The van der Waals surface area contributed by atoms with Gasteiger partial charge in [-0.2, -0.15) is 0 Å². The number of nitrogens with zero attached hydrogens (tertiary/aromatic N) is 2. The first-order valence-corrected chi connectivity index (χ1v) is 7.80. The molecule has 0 atom stereocenters. The molecule has 0 saturated heterocycles. The standard InChI is InChI=1S/C19H13FN2O4/c1-25-19(24)15-8-13(20)6-12-7-14(26-17(12)15)10-22-5-3-11-2-4-21-9-16(11)18(22)23/h2-9H,10H2,1H3. The summed E-state index contributed by atoms with van der Waals surface area (Å²) in [5, 5.41) is 1.71. The SMILES string of the molecule is COC(=O)c1cc(F)cc2cc(Cn3ccc4ccncc4c3=O)oc12. The Kier molecular flexibility index (Phi) is 3.76. The van der Waals surface area contributed by atoms with Gasteiger partial charge in [-0.1, -0.05) is 0 Å². The van der Waals surface area contributed by atoms with E-state index in [2.05, 4.69) is 9.72 Å². The van der Waals surface area contributed by atoms with E-state index in [1.165, 1.54) is 23.9 Å². The number of pyridine rings is 2. The van der Waals surface area contributed by atoms with E-state index in [0.717, 1.165) is 11.5 Å². The molecule has 0 bridgehead atoms. The summed E-state index contributed by atoms with van der Waals surface area (Å²) < 4.78 is 25.6. The number of methoxy groups -OCH3 is 1. The Morgan fingerprint density at radius 2 is 2.12 bits per heavy atom. The van der Waals surface area contributed by atoms with Gasteiger partial charge in [0.25, 0.3) is 5.56 Å². The fourth-order valence-corrected chi connectivity index (χ4v) is 2.92. The minimum absolute atomic E-state index is 0.00353. The number of esters is 1. The lowest BCUT2D eigenvalue weighted by Crippen LogP contribution is -2.19. The number of carbonyl (C=O) groups is 1. The van der Waals surface area contributed by atoms with E-state index < -0.39 is 11.8 Å². The minimum atomic E-state index is -0.690. The molecule has 0 amide bonds. The van der Waals surface area contributed by atoms with Gasteiger partial charge in [-0.15, -0.1) is 0 Å². The maximum absolute atomic E-state index is 13.8. The molecule has 6 nitrogen and oxygen atoms in total. The molecule has 0 aliphatic heterocycles. The van der Waals surface area contributed by atoms with E-state index in [1.807, 2.05) is 0 Å². The molecule has 0 saturated carbocycles. The number of fused-ring (bicyclic) bond motifs is 2. The first-order chi connectivity index (χ1) is 12.6. The van der Waals surface area contributed by atoms with Crippen molar-refractivity contribution >= 4 is 27.7 Å². The topological polar surface area (TPSA) is 74.3 Å². The molecule has 0 aliphatic carbocycles. The molecular formula is C19H13FN2O4. The Labute approximate surface area is 146 Å². The lowest BCUT2D eigenvalue weighted by atomic mass is 10.1. The van der Waals surface area contributed by atoms with Crippen LogP contribution in [0.25, 0.3) is 21.7 Å². The molecule has 0 spiro atoms. The van der Waals surface area contributed by atoms with Crippen LogP contribution < -0.4 is 5.56 Å². The zero-order valence-corrected chi connectivity index (χ0v) is 13.7. The second-order valence-electron chi connectivity index (χ2n) is 5.79. The van der Waals surface area contributed by atoms with Crippen LogP contribution in [0.15, 0.2) is 58.1 Å². The predicted molar refractivity (Wildman–Crippen MR) is 92.6 cm³/mol. The summed E-state index contributed by atoms with van der Waals surface area (Å²) in [6.07, 6.45) is 4.78. The highest BCUT2D eigenvalue weighted by atomic mass is 19.1. The summed E-state index contributed by atoms with van der Waals surface area (Å²) in [6.45, 7) is 0.139. The maximum atomic E-state index is 13.8. The average molecular weight is 352 g/mol. The van der Waals surface area contributed by atoms with Crippen LogP contribution in [0.5, 0.6) is 0 Å². The fraction of sp³-hybridized carbons (Fsp3) is 0.105. The smallest absolute Gasteiger partial charge is 0.341 e. The van der Waals surface area contributed by atoms with Crippen molar-refractivity contribution in [3.05, 3.63) is 76.4 Å². The number of furan rings is 1. The zero-order chi connectivity index (χ0) is 18.3. The van der Waals surface area contributed by atoms with Gasteiger partial charge in [-0.25, -0.2) is 9.18 Å². The van der Waals surface area contributed by atoms with Gasteiger partial charge in [-0.3, -0.25) is 9.78 Å². The van der Waals surface area contributed by atoms with Crippen molar-refractivity contribution in [2.75, 3.05) is 7.11 Å². The molecule has 4 rings (SSSR count). The molecule has 0 unspecified atom stereocenters. The van der Waals surface area contributed by atoms with Gasteiger partial charge >= 0.3 is 5.97 Å². The van der Waals surface area contributed by atoms with Crippen molar-refractivity contribution in [2.45, 2.75) is 6.54 Å². The van der Waals surface area contributed by atoms with Gasteiger partial charge in [0.1, 0.15) is 22.7 Å². The Morgan fingerprint density at radius 1 is 1.27 bits per heavy atom. The molecule has 3 aromatic heterocycles. The van der Waals surface area contributed by atoms with Crippen LogP contribution in [0.1, 0.15) is 16.1 Å². The fourth-order valence-electron chi connectivity index (χ4n) is 2.92. The Bertz CT molecular complexity index is 1210. The third kappa shape index (κ3) is 2.63. The Hall–Kier alpha value is -3.48. The molecule has 1 aromatic carbocycles. The monoisotopic (exact) mass is 352 g/mol. The molecule has 26 heavy (non-hydrogen) atoms. The molecule has 0 aliphatic rings. The summed E-state index contributed by atoms with van der Waals surface area (Å²) in [6, 6.07) is 7.50. The summed E-state index contributed by atoms with van der Waals surface area (Å²) in [7, 11) is 1.21. The number of hydrogen-bond donors (Lipinski definition) is 0. The third-order valence-corrected chi connectivity index (χ3v) is 4.14. The van der Waals surface area contributed by atoms with Gasteiger partial charge < -0.3 is 13.7 Å².